The number of nitrogens with one attached hydrogen (secondary N) is 1. The first-order valence-corrected chi connectivity index (χ1v) is 10.5. The van der Waals surface area contributed by atoms with Crippen molar-refractivity contribution in [1.29, 1.82) is 0 Å². The molecule has 1 saturated heterocycles. The molecular weight excluding hydrogens is 394 g/mol. The molecule has 0 spiro atoms. The number of benzene rings is 1. The minimum absolute atomic E-state index is 0.129. The molecule has 0 saturated carbocycles. The number of aryl methyl sites for hydroxylation is 2. The maximum absolute atomic E-state index is 12.9. The monoisotopic (exact) mass is 423 g/mol. The Hall–Kier alpha value is -2.81. The van der Waals surface area contributed by atoms with Crippen LogP contribution in [0.3, 0.4) is 0 Å². The highest BCUT2D eigenvalue weighted by Crippen LogP contribution is 2.27. The second-order valence-electron chi connectivity index (χ2n) is 7.87. The summed E-state index contributed by atoms with van der Waals surface area (Å²) >= 11 is 0. The van der Waals surface area contributed by atoms with E-state index >= 15 is 0 Å². The molecule has 1 atom stereocenters. The Labute approximate surface area is 182 Å². The number of aromatic nitrogens is 3. The van der Waals surface area contributed by atoms with Gasteiger partial charge in [0.1, 0.15) is 6.10 Å². The first kappa shape index (κ1) is 21.4. The van der Waals surface area contributed by atoms with E-state index in [1.807, 2.05) is 49.0 Å². The molecule has 3 aromatic rings. The molecule has 0 unspecified atom stereocenters. The number of rotatable bonds is 7. The van der Waals surface area contributed by atoms with Crippen molar-refractivity contribution in [2.75, 3.05) is 40.0 Å². The van der Waals surface area contributed by atoms with Crippen LogP contribution in [0.5, 0.6) is 0 Å². The molecule has 1 aliphatic rings. The number of carbonyl (C=O) groups excluding carboxylic acids is 1. The lowest BCUT2D eigenvalue weighted by Gasteiger charge is -2.32. The Balaban J connectivity index is 1.58. The highest BCUT2D eigenvalue weighted by molar-refractivity contribution is 6.06. The molecule has 3 heterocycles. The summed E-state index contributed by atoms with van der Waals surface area (Å²) in [7, 11) is 3.56. The Morgan fingerprint density at radius 3 is 2.97 bits per heavy atom. The number of hydrogen-bond donors (Lipinski definition) is 1. The molecule has 0 radical (unpaired) electrons. The van der Waals surface area contributed by atoms with Crippen molar-refractivity contribution in [2.45, 2.75) is 19.6 Å². The zero-order chi connectivity index (χ0) is 21.8. The predicted octanol–water partition coefficient (Wildman–Crippen LogP) is 2.23. The molecule has 4 rings (SSSR count). The summed E-state index contributed by atoms with van der Waals surface area (Å²) in [6.45, 7) is 5.96. The zero-order valence-electron chi connectivity index (χ0n) is 18.3. The number of pyridine rings is 1. The van der Waals surface area contributed by atoms with Gasteiger partial charge in [0, 0.05) is 57.5 Å². The number of ether oxygens (including phenoxy) is 2. The Kier molecular flexibility index (Phi) is 6.60. The van der Waals surface area contributed by atoms with Gasteiger partial charge in [-0.3, -0.25) is 14.4 Å². The second-order valence-corrected chi connectivity index (χ2v) is 7.87. The maximum Gasteiger partial charge on any atom is 0.252 e. The van der Waals surface area contributed by atoms with E-state index in [0.717, 1.165) is 35.4 Å². The summed E-state index contributed by atoms with van der Waals surface area (Å²) in [4.78, 5) is 20.0. The quantitative estimate of drug-likeness (QED) is 0.587. The van der Waals surface area contributed by atoms with Gasteiger partial charge in [-0.2, -0.15) is 5.10 Å². The summed E-state index contributed by atoms with van der Waals surface area (Å²) in [6.07, 6.45) is 1.87. The highest BCUT2D eigenvalue weighted by Gasteiger charge is 2.25. The van der Waals surface area contributed by atoms with E-state index in [1.165, 1.54) is 5.56 Å². The SMILES string of the molecule is COCCNC(=O)c1cc([C@H]2CN(Cc3cn(C)nc3C)CCO2)nc2ccccc12. The van der Waals surface area contributed by atoms with Gasteiger partial charge >= 0.3 is 0 Å². The number of morpholine rings is 1. The van der Waals surface area contributed by atoms with Crippen LogP contribution in [0.4, 0.5) is 0 Å². The standard InChI is InChI=1S/C23H29N5O3/c1-16-17(13-27(2)26-16)14-28-9-11-31-22(15-28)21-12-19(23(29)24-8-10-30-3)18-6-4-5-7-20(18)25-21/h4-7,12-13,22H,8-11,14-15H2,1-3H3,(H,24,29)/t22-/m1/s1. The lowest BCUT2D eigenvalue weighted by molar-refractivity contribution is -0.0349. The number of hydrogen-bond acceptors (Lipinski definition) is 6. The van der Waals surface area contributed by atoms with E-state index in [9.17, 15) is 4.79 Å². The molecule has 164 valence electrons. The van der Waals surface area contributed by atoms with E-state index in [0.29, 0.717) is 31.9 Å². The van der Waals surface area contributed by atoms with Gasteiger partial charge in [0.15, 0.2) is 0 Å². The van der Waals surface area contributed by atoms with E-state index in [4.69, 9.17) is 14.5 Å². The van der Waals surface area contributed by atoms with Crippen LogP contribution in [0.25, 0.3) is 10.9 Å². The Morgan fingerprint density at radius 2 is 2.19 bits per heavy atom. The first-order valence-electron chi connectivity index (χ1n) is 10.5. The molecule has 1 fully saturated rings. The van der Waals surface area contributed by atoms with E-state index < -0.39 is 0 Å². The van der Waals surface area contributed by atoms with E-state index in [2.05, 4.69) is 21.5 Å². The number of para-hydroxylation sites is 1. The summed E-state index contributed by atoms with van der Waals surface area (Å²) in [6, 6.07) is 9.59. The van der Waals surface area contributed by atoms with Crippen LogP contribution in [-0.2, 0) is 23.1 Å². The molecule has 1 aliphatic heterocycles. The van der Waals surface area contributed by atoms with Gasteiger partial charge < -0.3 is 14.8 Å². The van der Waals surface area contributed by atoms with Crippen molar-refractivity contribution in [3.8, 4) is 0 Å². The minimum atomic E-state index is -0.194. The normalized spacial score (nSPS) is 17.2. The number of fused-ring (bicyclic) bond motifs is 1. The lowest BCUT2D eigenvalue weighted by atomic mass is 10.0. The average molecular weight is 424 g/mol. The van der Waals surface area contributed by atoms with Gasteiger partial charge in [0.25, 0.3) is 5.91 Å². The third kappa shape index (κ3) is 4.92. The van der Waals surface area contributed by atoms with E-state index in [1.54, 1.807) is 7.11 Å². The van der Waals surface area contributed by atoms with Gasteiger partial charge in [-0.15, -0.1) is 0 Å². The molecule has 0 aliphatic carbocycles. The maximum atomic E-state index is 12.9. The third-order valence-corrected chi connectivity index (χ3v) is 5.56. The van der Waals surface area contributed by atoms with Crippen molar-refractivity contribution in [1.82, 2.24) is 25.0 Å². The average Bonchev–Trinajstić information content (AvgIpc) is 3.09. The van der Waals surface area contributed by atoms with Crippen LogP contribution in [-0.4, -0.2) is 65.5 Å². The van der Waals surface area contributed by atoms with E-state index in [-0.39, 0.29) is 12.0 Å². The van der Waals surface area contributed by atoms with Crippen LogP contribution in [0.15, 0.2) is 36.5 Å². The summed E-state index contributed by atoms with van der Waals surface area (Å²) in [5.41, 5.74) is 4.45. The van der Waals surface area contributed by atoms with Crippen LogP contribution in [0.2, 0.25) is 0 Å². The molecule has 31 heavy (non-hydrogen) atoms. The Bertz CT molecular complexity index is 1060. The Morgan fingerprint density at radius 1 is 1.35 bits per heavy atom. The number of amides is 1. The topological polar surface area (TPSA) is 81.5 Å². The fourth-order valence-corrected chi connectivity index (χ4v) is 3.98. The fraction of sp³-hybridized carbons (Fsp3) is 0.435. The summed E-state index contributed by atoms with van der Waals surface area (Å²) in [5.74, 6) is -0.129. The molecule has 8 nitrogen and oxygen atoms in total. The van der Waals surface area contributed by atoms with Gasteiger partial charge in [-0.25, -0.2) is 4.98 Å². The number of methoxy groups -OCH3 is 1. The molecule has 2 aromatic heterocycles. The predicted molar refractivity (Wildman–Crippen MR) is 118 cm³/mol. The molecule has 8 heteroatoms. The number of carbonyl (C=O) groups is 1. The molecular formula is C23H29N5O3. The highest BCUT2D eigenvalue weighted by atomic mass is 16.5. The molecule has 1 aromatic carbocycles. The first-order chi connectivity index (χ1) is 15.0. The van der Waals surface area contributed by atoms with Crippen molar-refractivity contribution in [2.24, 2.45) is 7.05 Å². The molecule has 1 N–H and O–H groups in total. The minimum Gasteiger partial charge on any atom is -0.383 e. The van der Waals surface area contributed by atoms with Gasteiger partial charge in [-0.1, -0.05) is 18.2 Å². The third-order valence-electron chi connectivity index (χ3n) is 5.56. The van der Waals surface area contributed by atoms with Crippen LogP contribution in [0.1, 0.15) is 33.4 Å². The molecule has 0 bridgehead atoms. The number of nitrogens with zero attached hydrogens (tertiary/aromatic N) is 4. The lowest BCUT2D eigenvalue weighted by Crippen LogP contribution is -2.38. The van der Waals surface area contributed by atoms with Gasteiger partial charge in [0.2, 0.25) is 0 Å². The largest absolute Gasteiger partial charge is 0.383 e. The van der Waals surface area contributed by atoms with Gasteiger partial charge in [-0.05, 0) is 19.1 Å². The van der Waals surface area contributed by atoms with Crippen molar-refractivity contribution in [3.05, 3.63) is 59.0 Å². The zero-order valence-corrected chi connectivity index (χ0v) is 18.3. The van der Waals surface area contributed by atoms with Crippen LogP contribution in [0, 0.1) is 6.92 Å². The molecule has 1 amide bonds. The van der Waals surface area contributed by atoms with Crippen molar-refractivity contribution < 1.29 is 14.3 Å². The van der Waals surface area contributed by atoms with Crippen molar-refractivity contribution in [3.63, 3.8) is 0 Å². The smallest absolute Gasteiger partial charge is 0.252 e. The summed E-state index contributed by atoms with van der Waals surface area (Å²) < 4.78 is 13.0. The van der Waals surface area contributed by atoms with Crippen molar-refractivity contribution >= 4 is 16.8 Å². The van der Waals surface area contributed by atoms with Gasteiger partial charge in [0.05, 0.1) is 35.7 Å². The van der Waals surface area contributed by atoms with Crippen LogP contribution < -0.4 is 5.32 Å². The fourth-order valence-electron chi connectivity index (χ4n) is 3.98. The summed E-state index contributed by atoms with van der Waals surface area (Å²) in [5, 5.41) is 8.20. The van der Waals surface area contributed by atoms with Crippen LogP contribution >= 0.6 is 0 Å². The second kappa shape index (κ2) is 9.55.